The van der Waals surface area contributed by atoms with E-state index in [9.17, 15) is 4.79 Å². The van der Waals surface area contributed by atoms with Gasteiger partial charge in [-0.05, 0) is 59.1 Å². The van der Waals surface area contributed by atoms with Gasteiger partial charge in [0.05, 0.1) is 17.8 Å². The minimum absolute atomic E-state index is 0.0258. The molecule has 0 bridgehead atoms. The van der Waals surface area contributed by atoms with Crippen molar-refractivity contribution in [1.29, 1.82) is 0 Å². The molecule has 1 aromatic heterocycles. The zero-order valence-corrected chi connectivity index (χ0v) is 17.5. The predicted octanol–water partition coefficient (Wildman–Crippen LogP) is 1.80. The summed E-state index contributed by atoms with van der Waals surface area (Å²) in [7, 11) is 6.34. The number of carbonyl (C=O) groups excluding carboxylic acids is 1. The number of amides is 2. The van der Waals surface area contributed by atoms with Gasteiger partial charge in [-0.25, -0.2) is 4.79 Å². The lowest BCUT2D eigenvalue weighted by Crippen LogP contribution is -2.65. The van der Waals surface area contributed by atoms with E-state index >= 15 is 0 Å². The SMILES string of the molecule is Cc1ccc2c(c1)c(CNC(=O)N1CCN(C)C3(CCN(C)CC3)C1)nn2C. The van der Waals surface area contributed by atoms with E-state index in [0.717, 1.165) is 62.2 Å². The van der Waals surface area contributed by atoms with Crippen LogP contribution in [0.1, 0.15) is 24.1 Å². The zero-order chi connectivity index (χ0) is 19.9. The molecule has 2 aromatic rings. The normalized spacial score (nSPS) is 20.8. The van der Waals surface area contributed by atoms with E-state index in [-0.39, 0.29) is 11.6 Å². The maximum atomic E-state index is 12.9. The summed E-state index contributed by atoms with van der Waals surface area (Å²) >= 11 is 0. The maximum absolute atomic E-state index is 12.9. The molecule has 0 saturated carbocycles. The van der Waals surface area contributed by atoms with Gasteiger partial charge in [-0.2, -0.15) is 5.10 Å². The Kier molecular flexibility index (Phi) is 5.05. The van der Waals surface area contributed by atoms with Crippen LogP contribution in [0.25, 0.3) is 10.9 Å². The van der Waals surface area contributed by atoms with E-state index in [0.29, 0.717) is 6.54 Å². The molecule has 2 saturated heterocycles. The molecule has 7 nitrogen and oxygen atoms in total. The molecular weight excluding hydrogens is 352 g/mol. The number of urea groups is 1. The van der Waals surface area contributed by atoms with Crippen LogP contribution >= 0.6 is 0 Å². The Morgan fingerprint density at radius 3 is 2.64 bits per heavy atom. The topological polar surface area (TPSA) is 56.6 Å². The lowest BCUT2D eigenvalue weighted by atomic mass is 9.84. The van der Waals surface area contributed by atoms with E-state index < -0.39 is 0 Å². The Morgan fingerprint density at radius 2 is 1.89 bits per heavy atom. The van der Waals surface area contributed by atoms with Gasteiger partial charge in [0.1, 0.15) is 0 Å². The van der Waals surface area contributed by atoms with Gasteiger partial charge in [0.2, 0.25) is 0 Å². The van der Waals surface area contributed by atoms with Crippen LogP contribution in [0.4, 0.5) is 4.79 Å². The number of likely N-dealkylation sites (N-methyl/N-ethyl adjacent to an activating group) is 1. The summed E-state index contributed by atoms with van der Waals surface area (Å²) in [6.07, 6.45) is 2.24. The average Bonchev–Trinajstić information content (AvgIpc) is 2.99. The maximum Gasteiger partial charge on any atom is 0.317 e. The molecule has 152 valence electrons. The number of aromatic nitrogens is 2. The number of nitrogens with one attached hydrogen (secondary N) is 1. The Bertz CT molecular complexity index is 867. The van der Waals surface area contributed by atoms with Crippen molar-refractivity contribution < 1.29 is 4.79 Å². The number of likely N-dealkylation sites (tertiary alicyclic amines) is 1. The number of rotatable bonds is 2. The first kappa shape index (κ1) is 19.2. The first-order valence-corrected chi connectivity index (χ1v) is 10.2. The van der Waals surface area contributed by atoms with Crippen LogP contribution in [0.3, 0.4) is 0 Å². The molecule has 0 aliphatic carbocycles. The van der Waals surface area contributed by atoms with Crippen molar-refractivity contribution in [2.75, 3.05) is 46.8 Å². The van der Waals surface area contributed by atoms with Crippen LogP contribution < -0.4 is 5.32 Å². The molecule has 0 unspecified atom stereocenters. The minimum Gasteiger partial charge on any atom is -0.332 e. The Labute approximate surface area is 167 Å². The molecule has 3 heterocycles. The van der Waals surface area contributed by atoms with E-state index in [2.05, 4.69) is 59.4 Å². The molecule has 1 N–H and O–H groups in total. The lowest BCUT2D eigenvalue weighted by molar-refractivity contribution is -0.00966. The molecule has 2 aliphatic rings. The van der Waals surface area contributed by atoms with E-state index in [1.807, 2.05) is 16.6 Å². The fourth-order valence-electron chi connectivity index (χ4n) is 4.66. The summed E-state index contributed by atoms with van der Waals surface area (Å²) in [5.41, 5.74) is 3.35. The highest BCUT2D eigenvalue weighted by atomic mass is 16.2. The fraction of sp³-hybridized carbons (Fsp3) is 0.619. The van der Waals surface area contributed by atoms with Crippen molar-refractivity contribution in [3.05, 3.63) is 29.5 Å². The number of carbonyl (C=O) groups is 1. The van der Waals surface area contributed by atoms with Crippen LogP contribution in [0, 0.1) is 6.92 Å². The molecular formula is C21H32N6O. The summed E-state index contributed by atoms with van der Waals surface area (Å²) in [6, 6.07) is 6.36. The van der Waals surface area contributed by atoms with Gasteiger partial charge in [0.25, 0.3) is 0 Å². The van der Waals surface area contributed by atoms with E-state index in [1.54, 1.807) is 0 Å². The number of hydrogen-bond acceptors (Lipinski definition) is 4. The summed E-state index contributed by atoms with van der Waals surface area (Å²) in [4.78, 5) is 19.8. The predicted molar refractivity (Wildman–Crippen MR) is 111 cm³/mol. The van der Waals surface area contributed by atoms with Crippen LogP contribution in [-0.4, -0.2) is 82.9 Å². The quantitative estimate of drug-likeness (QED) is 0.858. The summed E-state index contributed by atoms with van der Waals surface area (Å²) in [5, 5.41) is 8.86. The zero-order valence-electron chi connectivity index (χ0n) is 17.5. The standard InChI is InChI=1S/C21H32N6O/c1-16-5-6-19-17(13-16)18(23-26(19)4)14-22-20(28)27-12-11-25(3)21(15-27)7-9-24(2)10-8-21/h5-6,13H,7-12,14-15H2,1-4H3,(H,22,28). The third-order valence-electron chi connectivity index (χ3n) is 6.69. The average molecular weight is 385 g/mol. The Hall–Kier alpha value is -2.12. The minimum atomic E-state index is 0.0258. The highest BCUT2D eigenvalue weighted by Crippen LogP contribution is 2.31. The number of piperidine rings is 1. The third-order valence-corrected chi connectivity index (χ3v) is 6.69. The number of piperazine rings is 1. The Balaban J connectivity index is 1.44. The summed E-state index contributed by atoms with van der Waals surface area (Å²) in [5.74, 6) is 0. The van der Waals surface area contributed by atoms with Gasteiger partial charge in [-0.3, -0.25) is 9.58 Å². The van der Waals surface area contributed by atoms with Crippen LogP contribution in [0.2, 0.25) is 0 Å². The molecule has 1 spiro atoms. The molecule has 2 amide bonds. The second-order valence-corrected chi connectivity index (χ2v) is 8.62. The monoisotopic (exact) mass is 384 g/mol. The van der Waals surface area contributed by atoms with Crippen molar-refractivity contribution >= 4 is 16.9 Å². The number of fused-ring (bicyclic) bond motifs is 1. The molecule has 0 radical (unpaired) electrons. The van der Waals surface area contributed by atoms with Crippen molar-refractivity contribution in [3.8, 4) is 0 Å². The first-order chi connectivity index (χ1) is 13.4. The largest absolute Gasteiger partial charge is 0.332 e. The van der Waals surface area contributed by atoms with Gasteiger partial charge >= 0.3 is 6.03 Å². The second kappa shape index (κ2) is 7.37. The highest BCUT2D eigenvalue weighted by Gasteiger charge is 2.42. The van der Waals surface area contributed by atoms with Gasteiger partial charge in [0.15, 0.2) is 0 Å². The van der Waals surface area contributed by atoms with Gasteiger partial charge in [-0.1, -0.05) is 11.6 Å². The molecule has 2 fully saturated rings. The van der Waals surface area contributed by atoms with E-state index in [4.69, 9.17) is 0 Å². The molecule has 1 aromatic carbocycles. The number of benzene rings is 1. The van der Waals surface area contributed by atoms with E-state index in [1.165, 1.54) is 5.56 Å². The number of hydrogen-bond donors (Lipinski definition) is 1. The Morgan fingerprint density at radius 1 is 1.14 bits per heavy atom. The smallest absolute Gasteiger partial charge is 0.317 e. The fourth-order valence-corrected chi connectivity index (χ4v) is 4.66. The first-order valence-electron chi connectivity index (χ1n) is 10.2. The van der Waals surface area contributed by atoms with Gasteiger partial charge in [-0.15, -0.1) is 0 Å². The highest BCUT2D eigenvalue weighted by molar-refractivity contribution is 5.83. The van der Waals surface area contributed by atoms with Gasteiger partial charge < -0.3 is 15.1 Å². The van der Waals surface area contributed by atoms with Crippen molar-refractivity contribution in [2.45, 2.75) is 31.8 Å². The second-order valence-electron chi connectivity index (χ2n) is 8.62. The molecule has 2 aliphatic heterocycles. The molecule has 7 heteroatoms. The van der Waals surface area contributed by atoms with Crippen molar-refractivity contribution in [3.63, 3.8) is 0 Å². The third kappa shape index (κ3) is 3.49. The molecule has 0 atom stereocenters. The van der Waals surface area contributed by atoms with Gasteiger partial charge in [0, 0.05) is 37.6 Å². The number of aryl methyl sites for hydroxylation is 2. The van der Waals surface area contributed by atoms with Crippen molar-refractivity contribution in [2.24, 2.45) is 7.05 Å². The van der Waals surface area contributed by atoms with Crippen molar-refractivity contribution in [1.82, 2.24) is 29.8 Å². The lowest BCUT2D eigenvalue weighted by Gasteiger charge is -2.52. The van der Waals surface area contributed by atoms with Crippen LogP contribution in [0.5, 0.6) is 0 Å². The van der Waals surface area contributed by atoms with Crippen LogP contribution in [-0.2, 0) is 13.6 Å². The summed E-state index contributed by atoms with van der Waals surface area (Å²) in [6.45, 7) is 7.26. The summed E-state index contributed by atoms with van der Waals surface area (Å²) < 4.78 is 1.89. The van der Waals surface area contributed by atoms with Crippen LogP contribution in [0.15, 0.2) is 18.2 Å². The molecule has 4 rings (SSSR count). The number of nitrogens with zero attached hydrogens (tertiary/aromatic N) is 5. The molecule has 28 heavy (non-hydrogen) atoms.